The molecule has 2 heterocycles. The van der Waals surface area contributed by atoms with Gasteiger partial charge in [-0.15, -0.1) is 0 Å². The standard InChI is InChI=1S/C27H21ClN4O5/c1-2-35-23-11-16(7-9-22(23)36-15-25(29)33)14-30-32-26(31-20-6-4-3-5-19(20)27(32)34)24-13-17-12-18(28)8-10-21(17)37-24/h3-14H,2,15H2,1H3,(H2,29,33). The minimum Gasteiger partial charge on any atom is -0.490 e. The van der Waals surface area contributed by atoms with Crippen LogP contribution in [0.3, 0.4) is 0 Å². The average molecular weight is 517 g/mol. The Balaban J connectivity index is 1.61. The number of rotatable bonds is 8. The zero-order chi connectivity index (χ0) is 25.9. The maximum Gasteiger partial charge on any atom is 0.282 e. The van der Waals surface area contributed by atoms with Crippen LogP contribution in [0.25, 0.3) is 33.5 Å². The lowest BCUT2D eigenvalue weighted by molar-refractivity contribution is -0.119. The van der Waals surface area contributed by atoms with E-state index in [1.165, 1.54) is 10.9 Å². The van der Waals surface area contributed by atoms with Crippen molar-refractivity contribution in [1.29, 1.82) is 0 Å². The summed E-state index contributed by atoms with van der Waals surface area (Å²) in [5.74, 6) is 0.771. The molecule has 0 saturated carbocycles. The van der Waals surface area contributed by atoms with Gasteiger partial charge in [-0.1, -0.05) is 23.7 Å². The van der Waals surface area contributed by atoms with Crippen LogP contribution in [0.15, 0.2) is 81.0 Å². The molecule has 37 heavy (non-hydrogen) atoms. The van der Waals surface area contributed by atoms with Crippen LogP contribution >= 0.6 is 11.6 Å². The summed E-state index contributed by atoms with van der Waals surface area (Å²) >= 11 is 6.13. The van der Waals surface area contributed by atoms with E-state index in [1.807, 2.05) is 13.0 Å². The number of furan rings is 1. The molecule has 186 valence electrons. The Bertz CT molecular complexity index is 1720. The van der Waals surface area contributed by atoms with Crippen molar-refractivity contribution in [3.05, 3.63) is 87.7 Å². The molecule has 0 aliphatic rings. The predicted molar refractivity (Wildman–Crippen MR) is 142 cm³/mol. The third-order valence-electron chi connectivity index (χ3n) is 5.41. The van der Waals surface area contributed by atoms with Crippen molar-refractivity contribution in [3.63, 3.8) is 0 Å². The molecule has 3 aromatic carbocycles. The summed E-state index contributed by atoms with van der Waals surface area (Å²) < 4.78 is 18.2. The minimum absolute atomic E-state index is 0.235. The van der Waals surface area contributed by atoms with Crippen LogP contribution in [0.4, 0.5) is 0 Å². The van der Waals surface area contributed by atoms with Gasteiger partial charge >= 0.3 is 0 Å². The normalized spacial score (nSPS) is 11.4. The van der Waals surface area contributed by atoms with Crippen LogP contribution in [-0.2, 0) is 4.79 Å². The first kappa shape index (κ1) is 24.1. The lowest BCUT2D eigenvalue weighted by Crippen LogP contribution is -2.20. The molecule has 0 aliphatic heterocycles. The summed E-state index contributed by atoms with van der Waals surface area (Å²) in [4.78, 5) is 29.2. The maximum atomic E-state index is 13.4. The first-order valence-corrected chi connectivity index (χ1v) is 11.7. The number of primary amides is 1. The topological polar surface area (TPSA) is 122 Å². The van der Waals surface area contributed by atoms with E-state index in [9.17, 15) is 9.59 Å². The molecule has 10 heteroatoms. The molecule has 5 aromatic rings. The van der Waals surface area contributed by atoms with Crippen LogP contribution in [-0.4, -0.2) is 35.0 Å². The highest BCUT2D eigenvalue weighted by atomic mass is 35.5. The summed E-state index contributed by atoms with van der Waals surface area (Å²) in [5.41, 5.74) is 6.56. The van der Waals surface area contributed by atoms with Gasteiger partial charge in [0.2, 0.25) is 5.82 Å². The number of hydrogen-bond donors (Lipinski definition) is 1. The Hall–Kier alpha value is -4.63. The van der Waals surface area contributed by atoms with E-state index in [-0.39, 0.29) is 18.0 Å². The summed E-state index contributed by atoms with van der Waals surface area (Å²) in [5, 5.41) is 6.20. The molecule has 0 atom stereocenters. The zero-order valence-electron chi connectivity index (χ0n) is 19.7. The fraction of sp³-hybridized carbons (Fsp3) is 0.111. The monoisotopic (exact) mass is 516 g/mol. The molecular formula is C27H21ClN4O5. The number of halogens is 1. The molecule has 1 amide bonds. The van der Waals surface area contributed by atoms with Gasteiger partial charge in [0.1, 0.15) is 5.58 Å². The van der Waals surface area contributed by atoms with Crippen LogP contribution in [0.1, 0.15) is 12.5 Å². The van der Waals surface area contributed by atoms with Gasteiger partial charge in [-0.2, -0.15) is 9.78 Å². The van der Waals surface area contributed by atoms with E-state index in [0.717, 1.165) is 5.39 Å². The molecule has 0 unspecified atom stereocenters. The van der Waals surface area contributed by atoms with Gasteiger partial charge in [0, 0.05) is 10.4 Å². The molecule has 2 N–H and O–H groups in total. The highest BCUT2D eigenvalue weighted by Crippen LogP contribution is 2.30. The Morgan fingerprint density at radius 3 is 2.76 bits per heavy atom. The lowest BCUT2D eigenvalue weighted by atomic mass is 10.2. The second-order valence-electron chi connectivity index (χ2n) is 8.00. The first-order valence-electron chi connectivity index (χ1n) is 11.4. The Labute approximate surface area is 215 Å². The molecular weight excluding hydrogens is 496 g/mol. The second kappa shape index (κ2) is 10.2. The summed E-state index contributed by atoms with van der Waals surface area (Å²) in [6.07, 6.45) is 1.50. The number of ether oxygens (including phenoxy) is 2. The van der Waals surface area contributed by atoms with Gasteiger partial charge < -0.3 is 19.6 Å². The fourth-order valence-electron chi connectivity index (χ4n) is 3.78. The van der Waals surface area contributed by atoms with Gasteiger partial charge in [0.15, 0.2) is 23.9 Å². The predicted octanol–water partition coefficient (Wildman–Crippen LogP) is 4.61. The van der Waals surface area contributed by atoms with Gasteiger partial charge in [-0.05, 0) is 67.1 Å². The molecule has 0 bridgehead atoms. The molecule has 2 aromatic heterocycles. The molecule has 0 spiro atoms. The lowest BCUT2D eigenvalue weighted by Gasteiger charge is -2.11. The largest absolute Gasteiger partial charge is 0.490 e. The number of carbonyl (C=O) groups excluding carboxylic acids is 1. The number of benzene rings is 3. The van der Waals surface area contributed by atoms with Crippen molar-refractivity contribution < 1.29 is 18.7 Å². The van der Waals surface area contributed by atoms with Crippen molar-refractivity contribution in [2.45, 2.75) is 6.92 Å². The summed E-state index contributed by atoms with van der Waals surface area (Å²) in [6.45, 7) is 1.92. The van der Waals surface area contributed by atoms with E-state index in [2.05, 4.69) is 10.1 Å². The SMILES string of the molecule is CCOc1cc(C=Nn2c(-c3cc4cc(Cl)ccc4o3)nc3ccccc3c2=O)ccc1OCC(N)=O. The van der Waals surface area contributed by atoms with Gasteiger partial charge in [0.25, 0.3) is 11.5 Å². The molecule has 0 fully saturated rings. The first-order chi connectivity index (χ1) is 17.9. The van der Waals surface area contributed by atoms with E-state index < -0.39 is 5.91 Å². The highest BCUT2D eigenvalue weighted by molar-refractivity contribution is 6.31. The zero-order valence-corrected chi connectivity index (χ0v) is 20.4. The van der Waals surface area contributed by atoms with Gasteiger partial charge in [-0.25, -0.2) is 4.98 Å². The fourth-order valence-corrected chi connectivity index (χ4v) is 3.96. The van der Waals surface area contributed by atoms with E-state index in [1.54, 1.807) is 60.7 Å². The number of carbonyl (C=O) groups is 1. The van der Waals surface area contributed by atoms with Crippen molar-refractivity contribution in [2.24, 2.45) is 10.8 Å². The summed E-state index contributed by atoms with van der Waals surface area (Å²) in [7, 11) is 0. The Morgan fingerprint density at radius 1 is 1.11 bits per heavy atom. The minimum atomic E-state index is -0.600. The van der Waals surface area contributed by atoms with Crippen LogP contribution in [0.2, 0.25) is 5.02 Å². The number of para-hydroxylation sites is 1. The van der Waals surface area contributed by atoms with Crippen molar-refractivity contribution in [2.75, 3.05) is 13.2 Å². The second-order valence-corrected chi connectivity index (χ2v) is 8.44. The smallest absolute Gasteiger partial charge is 0.282 e. The Kier molecular flexibility index (Phi) is 6.61. The number of amides is 1. The van der Waals surface area contributed by atoms with Crippen molar-refractivity contribution in [1.82, 2.24) is 9.66 Å². The van der Waals surface area contributed by atoms with Crippen molar-refractivity contribution >= 4 is 45.6 Å². The number of nitrogens with two attached hydrogens (primary N) is 1. The van der Waals surface area contributed by atoms with Crippen LogP contribution < -0.4 is 20.8 Å². The summed E-state index contributed by atoms with van der Waals surface area (Å²) in [6, 6.07) is 19.1. The van der Waals surface area contributed by atoms with Crippen molar-refractivity contribution in [3.8, 4) is 23.1 Å². The Morgan fingerprint density at radius 2 is 1.95 bits per heavy atom. The van der Waals surface area contributed by atoms with Crippen LogP contribution in [0.5, 0.6) is 11.5 Å². The molecule has 0 aliphatic carbocycles. The van der Waals surface area contributed by atoms with Gasteiger partial charge in [0.05, 0.1) is 23.7 Å². The number of fused-ring (bicyclic) bond motifs is 2. The highest BCUT2D eigenvalue weighted by Gasteiger charge is 2.17. The maximum absolute atomic E-state index is 13.4. The molecule has 5 rings (SSSR count). The number of nitrogens with zero attached hydrogens (tertiary/aromatic N) is 3. The van der Waals surface area contributed by atoms with Gasteiger partial charge in [-0.3, -0.25) is 9.59 Å². The average Bonchev–Trinajstić information content (AvgIpc) is 3.30. The number of hydrogen-bond acceptors (Lipinski definition) is 7. The van der Waals surface area contributed by atoms with E-state index in [0.29, 0.717) is 50.9 Å². The molecule has 0 radical (unpaired) electrons. The number of aromatic nitrogens is 2. The van der Waals surface area contributed by atoms with E-state index in [4.69, 9.17) is 31.2 Å². The molecule has 9 nitrogen and oxygen atoms in total. The van der Waals surface area contributed by atoms with E-state index >= 15 is 0 Å². The van der Waals surface area contributed by atoms with Crippen LogP contribution in [0, 0.1) is 0 Å². The molecule has 0 saturated heterocycles. The third-order valence-corrected chi connectivity index (χ3v) is 5.65. The quantitative estimate of drug-likeness (QED) is 0.300. The third kappa shape index (κ3) is 5.03.